The number of aromatic nitrogens is 1. The van der Waals surface area contributed by atoms with E-state index < -0.39 is 6.04 Å². The summed E-state index contributed by atoms with van der Waals surface area (Å²) in [6.07, 6.45) is 2.73. The molecule has 0 spiro atoms. The Hall–Kier alpha value is -2.15. The van der Waals surface area contributed by atoms with Gasteiger partial charge in [0, 0.05) is 63.4 Å². The topological polar surface area (TPSA) is 80.6 Å². The third-order valence-corrected chi connectivity index (χ3v) is 6.27. The molecule has 2 saturated heterocycles. The number of fused-ring (bicyclic) bond motifs is 4. The van der Waals surface area contributed by atoms with Crippen molar-refractivity contribution < 1.29 is 14.3 Å². The monoisotopic (exact) mass is 373 g/mol. The van der Waals surface area contributed by atoms with Crippen LogP contribution in [-0.2, 0) is 14.3 Å². The first-order chi connectivity index (χ1) is 13.0. The molecule has 0 radical (unpaired) electrons. The van der Waals surface area contributed by atoms with Crippen molar-refractivity contribution in [3.63, 3.8) is 0 Å². The summed E-state index contributed by atoms with van der Waals surface area (Å²) in [4.78, 5) is 39.5. The zero-order valence-corrected chi connectivity index (χ0v) is 15.7. The average molecular weight is 373 g/mol. The number of likely N-dealkylation sites (tertiary alicyclic amines) is 1. The molecule has 4 rings (SSSR count). The second-order valence-corrected chi connectivity index (χ2v) is 8.02. The van der Waals surface area contributed by atoms with Gasteiger partial charge in [0.2, 0.25) is 11.8 Å². The van der Waals surface area contributed by atoms with E-state index in [1.54, 1.807) is 17.6 Å². The van der Waals surface area contributed by atoms with Crippen LogP contribution in [0.5, 0.6) is 0 Å². The molecule has 3 aliphatic heterocycles. The highest BCUT2D eigenvalue weighted by atomic mass is 16.5. The summed E-state index contributed by atoms with van der Waals surface area (Å²) in [6, 6.07) is 4.64. The molecule has 1 aromatic heterocycles. The molecule has 3 aliphatic rings. The van der Waals surface area contributed by atoms with E-state index >= 15 is 0 Å². The number of rotatable bonds is 3. The molecule has 3 atom stereocenters. The molecule has 4 heterocycles. The SMILES string of the molecule is CC(=O)N1C[C@H]2C[C@@H](C1)[C@H](C(=O)NCC1CCOCC1)n1c2cccc1=O. The summed E-state index contributed by atoms with van der Waals surface area (Å²) >= 11 is 0. The number of nitrogens with zero attached hydrogens (tertiary/aromatic N) is 2. The second kappa shape index (κ2) is 7.46. The summed E-state index contributed by atoms with van der Waals surface area (Å²) in [5, 5.41) is 3.08. The third-order valence-electron chi connectivity index (χ3n) is 6.27. The Morgan fingerprint density at radius 1 is 1.22 bits per heavy atom. The quantitative estimate of drug-likeness (QED) is 0.854. The third kappa shape index (κ3) is 3.52. The molecule has 7 heteroatoms. The first kappa shape index (κ1) is 18.2. The lowest BCUT2D eigenvalue weighted by Crippen LogP contribution is -2.54. The van der Waals surface area contributed by atoms with Gasteiger partial charge in [0.15, 0.2) is 0 Å². The number of carbonyl (C=O) groups is 2. The Kier molecular flexibility index (Phi) is 5.04. The van der Waals surface area contributed by atoms with Crippen LogP contribution in [-0.4, -0.2) is 54.1 Å². The number of carbonyl (C=O) groups excluding carboxylic acids is 2. The number of pyridine rings is 1. The van der Waals surface area contributed by atoms with Crippen LogP contribution < -0.4 is 10.9 Å². The van der Waals surface area contributed by atoms with E-state index in [2.05, 4.69) is 5.32 Å². The fourth-order valence-electron chi connectivity index (χ4n) is 4.83. The van der Waals surface area contributed by atoms with E-state index in [9.17, 15) is 14.4 Å². The molecule has 0 aliphatic carbocycles. The van der Waals surface area contributed by atoms with Gasteiger partial charge >= 0.3 is 0 Å². The molecular formula is C20H27N3O4. The predicted molar refractivity (Wildman–Crippen MR) is 99.4 cm³/mol. The van der Waals surface area contributed by atoms with Gasteiger partial charge in [-0.1, -0.05) is 6.07 Å². The number of hydrogen-bond donors (Lipinski definition) is 1. The summed E-state index contributed by atoms with van der Waals surface area (Å²) in [5.74, 6) is 0.421. The molecule has 146 valence electrons. The Morgan fingerprint density at radius 2 is 2.00 bits per heavy atom. The van der Waals surface area contributed by atoms with Crippen LogP contribution in [0.2, 0.25) is 0 Å². The second-order valence-electron chi connectivity index (χ2n) is 8.02. The molecule has 0 aromatic carbocycles. The van der Waals surface area contributed by atoms with E-state index in [4.69, 9.17) is 4.74 Å². The molecule has 1 N–H and O–H groups in total. The van der Waals surface area contributed by atoms with Crippen molar-refractivity contribution in [2.45, 2.75) is 38.1 Å². The fourth-order valence-corrected chi connectivity index (χ4v) is 4.83. The van der Waals surface area contributed by atoms with Crippen molar-refractivity contribution in [2.24, 2.45) is 11.8 Å². The lowest BCUT2D eigenvalue weighted by atomic mass is 9.78. The lowest BCUT2D eigenvalue weighted by Gasteiger charge is -2.46. The van der Waals surface area contributed by atoms with Crippen molar-refractivity contribution >= 4 is 11.8 Å². The van der Waals surface area contributed by atoms with Gasteiger partial charge < -0.3 is 15.0 Å². The molecule has 2 fully saturated rings. The van der Waals surface area contributed by atoms with Crippen molar-refractivity contribution in [3.05, 3.63) is 34.2 Å². The Bertz CT molecular complexity index is 784. The van der Waals surface area contributed by atoms with Gasteiger partial charge in [-0.15, -0.1) is 0 Å². The largest absolute Gasteiger partial charge is 0.381 e. The highest BCUT2D eigenvalue weighted by molar-refractivity contribution is 5.81. The maximum Gasteiger partial charge on any atom is 0.251 e. The standard InChI is InChI=1S/C20H27N3O4/c1-13(24)22-11-15-9-16(12-22)19(23-17(15)3-2-4-18(23)25)20(26)21-10-14-5-7-27-8-6-14/h2-4,14-16,19H,5-12H2,1H3,(H,21,26)/t15-,16+,19-/m1/s1. The van der Waals surface area contributed by atoms with Gasteiger partial charge in [-0.05, 0) is 31.2 Å². The Balaban J connectivity index is 1.60. The first-order valence-corrected chi connectivity index (χ1v) is 9.87. The van der Waals surface area contributed by atoms with Gasteiger partial charge in [-0.3, -0.25) is 19.0 Å². The van der Waals surface area contributed by atoms with Crippen molar-refractivity contribution in [1.82, 2.24) is 14.8 Å². The lowest BCUT2D eigenvalue weighted by molar-refractivity contribution is -0.135. The van der Waals surface area contributed by atoms with Gasteiger partial charge in [0.25, 0.3) is 5.56 Å². The maximum absolute atomic E-state index is 13.1. The summed E-state index contributed by atoms with van der Waals surface area (Å²) in [7, 11) is 0. The van der Waals surface area contributed by atoms with Crippen LogP contribution >= 0.6 is 0 Å². The van der Waals surface area contributed by atoms with E-state index in [-0.39, 0.29) is 29.2 Å². The van der Waals surface area contributed by atoms with Crippen LogP contribution in [0.1, 0.15) is 43.8 Å². The van der Waals surface area contributed by atoms with Crippen LogP contribution in [0, 0.1) is 11.8 Å². The number of ether oxygens (including phenoxy) is 1. The van der Waals surface area contributed by atoms with Gasteiger partial charge in [0.1, 0.15) is 6.04 Å². The average Bonchev–Trinajstić information content (AvgIpc) is 2.68. The molecular weight excluding hydrogens is 346 g/mol. The van der Waals surface area contributed by atoms with Gasteiger partial charge in [-0.25, -0.2) is 0 Å². The molecule has 2 amide bonds. The van der Waals surface area contributed by atoms with Gasteiger partial charge in [-0.2, -0.15) is 0 Å². The number of hydrogen-bond acceptors (Lipinski definition) is 4. The van der Waals surface area contributed by atoms with Crippen molar-refractivity contribution in [2.75, 3.05) is 32.8 Å². The molecule has 2 bridgehead atoms. The summed E-state index contributed by atoms with van der Waals surface area (Å²) < 4.78 is 7.05. The van der Waals surface area contributed by atoms with Crippen LogP contribution in [0.25, 0.3) is 0 Å². The number of piperidine rings is 1. The molecule has 7 nitrogen and oxygen atoms in total. The Labute approximate surface area is 158 Å². The van der Waals surface area contributed by atoms with Crippen LogP contribution in [0.15, 0.2) is 23.0 Å². The summed E-state index contributed by atoms with van der Waals surface area (Å²) in [6.45, 7) is 4.81. The number of nitrogens with one attached hydrogen (secondary N) is 1. The minimum absolute atomic E-state index is 0.0257. The van der Waals surface area contributed by atoms with Crippen LogP contribution in [0.3, 0.4) is 0 Å². The summed E-state index contributed by atoms with van der Waals surface area (Å²) in [5.41, 5.74) is 0.737. The van der Waals surface area contributed by atoms with E-state index in [1.165, 1.54) is 6.07 Å². The minimum atomic E-state index is -0.549. The molecule has 0 unspecified atom stereocenters. The highest BCUT2D eigenvalue weighted by Gasteiger charge is 2.44. The normalized spacial score (nSPS) is 27.7. The van der Waals surface area contributed by atoms with Crippen molar-refractivity contribution in [1.29, 1.82) is 0 Å². The van der Waals surface area contributed by atoms with Crippen molar-refractivity contribution in [3.8, 4) is 0 Å². The van der Waals surface area contributed by atoms with E-state index in [1.807, 2.05) is 11.0 Å². The first-order valence-electron chi connectivity index (χ1n) is 9.87. The fraction of sp³-hybridized carbons (Fsp3) is 0.650. The van der Waals surface area contributed by atoms with E-state index in [0.717, 1.165) is 38.2 Å². The zero-order chi connectivity index (χ0) is 19.0. The zero-order valence-electron chi connectivity index (χ0n) is 15.7. The van der Waals surface area contributed by atoms with Gasteiger partial charge in [0.05, 0.1) is 0 Å². The predicted octanol–water partition coefficient (Wildman–Crippen LogP) is 0.898. The minimum Gasteiger partial charge on any atom is -0.381 e. The van der Waals surface area contributed by atoms with E-state index in [0.29, 0.717) is 25.6 Å². The smallest absolute Gasteiger partial charge is 0.251 e. The van der Waals surface area contributed by atoms with Crippen LogP contribution in [0.4, 0.5) is 0 Å². The molecule has 0 saturated carbocycles. The molecule has 27 heavy (non-hydrogen) atoms. The maximum atomic E-state index is 13.1. The highest BCUT2D eigenvalue weighted by Crippen LogP contribution is 2.41. The Morgan fingerprint density at radius 3 is 2.74 bits per heavy atom. The molecule has 1 aromatic rings. The number of amides is 2.